The van der Waals surface area contributed by atoms with Crippen LogP contribution in [0.4, 0.5) is 4.79 Å². The Morgan fingerprint density at radius 3 is 2.13 bits per heavy atom. The Balaban J connectivity index is 1.87. The average Bonchev–Trinajstić information content (AvgIpc) is 2.68. The summed E-state index contributed by atoms with van der Waals surface area (Å²) in [6, 6.07) is -0.519. The fourth-order valence-electron chi connectivity index (χ4n) is 5.46. The Hall–Kier alpha value is -1.26. The lowest BCUT2D eigenvalue weighted by Gasteiger charge is -2.32. The largest absolute Gasteiger partial charge is 0.467 e. The number of amides is 1. The van der Waals surface area contributed by atoms with Gasteiger partial charge in [-0.25, -0.2) is 9.59 Å². The SMILES string of the molecule is COC(=O)C1C[C@@]2(CN1C(=O)OC(C)(C)C)C(C)(C)C21CCC1. The highest BCUT2D eigenvalue weighted by atomic mass is 16.6. The number of ether oxygens (including phenoxy) is 2. The summed E-state index contributed by atoms with van der Waals surface area (Å²) in [5.41, 5.74) is -0.0704. The average molecular weight is 323 g/mol. The van der Waals surface area contributed by atoms with Crippen molar-refractivity contribution in [3.8, 4) is 0 Å². The maximum Gasteiger partial charge on any atom is 0.411 e. The van der Waals surface area contributed by atoms with Gasteiger partial charge in [-0.05, 0) is 50.9 Å². The molecule has 1 saturated heterocycles. The number of methoxy groups -OCH3 is 1. The predicted octanol–water partition coefficient (Wildman–Crippen LogP) is 3.37. The van der Waals surface area contributed by atoms with Crippen molar-refractivity contribution in [2.45, 2.75) is 71.9 Å². The summed E-state index contributed by atoms with van der Waals surface area (Å²) in [4.78, 5) is 26.5. The van der Waals surface area contributed by atoms with Gasteiger partial charge in [-0.3, -0.25) is 4.90 Å². The molecule has 3 fully saturated rings. The van der Waals surface area contributed by atoms with Crippen molar-refractivity contribution in [2.24, 2.45) is 16.2 Å². The molecular weight excluding hydrogens is 294 g/mol. The molecule has 0 aromatic rings. The second kappa shape index (κ2) is 4.64. The van der Waals surface area contributed by atoms with Gasteiger partial charge >= 0.3 is 12.1 Å². The van der Waals surface area contributed by atoms with Gasteiger partial charge in [0.05, 0.1) is 7.11 Å². The number of hydrogen-bond acceptors (Lipinski definition) is 4. The van der Waals surface area contributed by atoms with Crippen LogP contribution in [0.15, 0.2) is 0 Å². The number of nitrogens with zero attached hydrogens (tertiary/aromatic N) is 1. The zero-order chi connectivity index (χ0) is 17.3. The number of rotatable bonds is 1. The van der Waals surface area contributed by atoms with Gasteiger partial charge in [0.2, 0.25) is 0 Å². The number of fused-ring (bicyclic) bond motifs is 1. The highest BCUT2D eigenvalue weighted by molar-refractivity contribution is 5.83. The molecule has 3 aliphatic rings. The minimum atomic E-state index is -0.569. The molecule has 2 atom stereocenters. The van der Waals surface area contributed by atoms with Crippen LogP contribution in [0.5, 0.6) is 0 Å². The standard InChI is InChI=1S/C18H29NO4/c1-15(2,3)23-14(21)19-11-18(10-12(19)13(20)22-6)16(4,5)17(18)8-7-9-17/h12H,7-11H2,1-6H3/t12?,18-/m1/s1. The minimum Gasteiger partial charge on any atom is -0.467 e. The lowest BCUT2D eigenvalue weighted by molar-refractivity contribution is -0.145. The van der Waals surface area contributed by atoms with E-state index in [0.717, 1.165) is 0 Å². The summed E-state index contributed by atoms with van der Waals surface area (Å²) in [5.74, 6) is -0.329. The molecule has 1 aliphatic heterocycles. The maximum atomic E-state index is 12.6. The van der Waals surface area contributed by atoms with E-state index in [2.05, 4.69) is 13.8 Å². The summed E-state index contributed by atoms with van der Waals surface area (Å²) in [7, 11) is 1.39. The molecule has 0 bridgehead atoms. The molecule has 23 heavy (non-hydrogen) atoms. The third-order valence-electron chi connectivity index (χ3n) is 6.91. The highest BCUT2D eigenvalue weighted by Gasteiger charge is 2.85. The summed E-state index contributed by atoms with van der Waals surface area (Å²) >= 11 is 0. The number of carbonyl (C=O) groups excluding carboxylic acids is 2. The van der Waals surface area contributed by atoms with E-state index in [9.17, 15) is 9.59 Å². The van der Waals surface area contributed by atoms with Crippen molar-refractivity contribution in [1.82, 2.24) is 4.90 Å². The van der Waals surface area contributed by atoms with Crippen molar-refractivity contribution in [3.63, 3.8) is 0 Å². The van der Waals surface area contributed by atoms with Crippen LogP contribution in [0.1, 0.15) is 60.3 Å². The van der Waals surface area contributed by atoms with Crippen molar-refractivity contribution in [3.05, 3.63) is 0 Å². The van der Waals surface area contributed by atoms with Crippen molar-refractivity contribution in [2.75, 3.05) is 13.7 Å². The smallest absolute Gasteiger partial charge is 0.411 e. The third-order valence-corrected chi connectivity index (χ3v) is 6.91. The van der Waals surface area contributed by atoms with Crippen LogP contribution >= 0.6 is 0 Å². The van der Waals surface area contributed by atoms with Gasteiger partial charge < -0.3 is 9.47 Å². The number of likely N-dealkylation sites (tertiary alicyclic amines) is 1. The van der Waals surface area contributed by atoms with E-state index >= 15 is 0 Å². The van der Waals surface area contributed by atoms with Crippen molar-refractivity contribution >= 4 is 12.1 Å². The van der Waals surface area contributed by atoms with Gasteiger partial charge in [-0.2, -0.15) is 0 Å². The van der Waals surface area contributed by atoms with Gasteiger partial charge in [-0.1, -0.05) is 20.3 Å². The second-order valence-electron chi connectivity index (χ2n) is 8.99. The van der Waals surface area contributed by atoms with Crippen LogP contribution in [-0.2, 0) is 14.3 Å². The third kappa shape index (κ3) is 1.97. The summed E-state index contributed by atoms with van der Waals surface area (Å²) in [6.45, 7) is 10.7. The molecule has 0 N–H and O–H groups in total. The van der Waals surface area contributed by atoms with E-state index in [0.29, 0.717) is 18.4 Å². The number of esters is 1. The zero-order valence-corrected chi connectivity index (χ0v) is 15.2. The molecule has 5 heteroatoms. The Morgan fingerprint density at radius 1 is 1.13 bits per heavy atom. The Bertz CT molecular complexity index is 544. The van der Waals surface area contributed by atoms with E-state index in [1.54, 1.807) is 4.90 Å². The Kier molecular flexibility index (Phi) is 3.35. The quantitative estimate of drug-likeness (QED) is 0.694. The van der Waals surface area contributed by atoms with E-state index in [4.69, 9.17) is 9.47 Å². The fraction of sp³-hybridized carbons (Fsp3) is 0.889. The Labute approximate surface area is 138 Å². The molecule has 130 valence electrons. The van der Waals surface area contributed by atoms with E-state index in [1.807, 2.05) is 20.8 Å². The van der Waals surface area contributed by atoms with E-state index in [-0.39, 0.29) is 16.8 Å². The van der Waals surface area contributed by atoms with Crippen LogP contribution in [0.25, 0.3) is 0 Å². The topological polar surface area (TPSA) is 55.8 Å². The van der Waals surface area contributed by atoms with Crippen LogP contribution in [-0.4, -0.2) is 42.3 Å². The van der Waals surface area contributed by atoms with Gasteiger partial charge in [0.1, 0.15) is 11.6 Å². The maximum absolute atomic E-state index is 12.6. The molecule has 0 radical (unpaired) electrons. The van der Waals surface area contributed by atoms with Crippen molar-refractivity contribution in [1.29, 1.82) is 0 Å². The van der Waals surface area contributed by atoms with Gasteiger partial charge in [0, 0.05) is 12.0 Å². The normalized spacial score (nSPS) is 33.5. The van der Waals surface area contributed by atoms with Crippen LogP contribution in [0, 0.1) is 16.2 Å². The molecular formula is C18H29NO4. The molecule has 0 aromatic heterocycles. The van der Waals surface area contributed by atoms with Gasteiger partial charge in [0.15, 0.2) is 0 Å². The number of hydrogen-bond donors (Lipinski definition) is 0. The lowest BCUT2D eigenvalue weighted by atomic mass is 9.73. The summed E-state index contributed by atoms with van der Waals surface area (Å²) in [6.07, 6.45) is 3.96. The monoisotopic (exact) mass is 323 g/mol. The molecule has 2 aliphatic carbocycles. The van der Waals surface area contributed by atoms with Gasteiger partial charge in [-0.15, -0.1) is 0 Å². The first-order valence-electron chi connectivity index (χ1n) is 8.59. The molecule has 1 unspecified atom stereocenters. The van der Waals surface area contributed by atoms with E-state index in [1.165, 1.54) is 26.4 Å². The lowest BCUT2D eigenvalue weighted by Crippen LogP contribution is -2.44. The highest BCUT2D eigenvalue weighted by Crippen LogP contribution is 2.88. The summed E-state index contributed by atoms with van der Waals surface area (Å²) in [5, 5.41) is 0. The molecule has 2 saturated carbocycles. The van der Waals surface area contributed by atoms with Crippen LogP contribution < -0.4 is 0 Å². The van der Waals surface area contributed by atoms with Crippen molar-refractivity contribution < 1.29 is 19.1 Å². The molecule has 0 aromatic carbocycles. The summed E-state index contributed by atoms with van der Waals surface area (Å²) < 4.78 is 10.5. The molecule has 5 nitrogen and oxygen atoms in total. The first-order chi connectivity index (χ1) is 10.5. The van der Waals surface area contributed by atoms with Crippen LogP contribution in [0.2, 0.25) is 0 Å². The Morgan fingerprint density at radius 2 is 1.74 bits per heavy atom. The first kappa shape index (κ1) is 16.6. The minimum absolute atomic E-state index is 0.0357. The van der Waals surface area contributed by atoms with E-state index < -0.39 is 17.7 Å². The van der Waals surface area contributed by atoms with Gasteiger partial charge in [0.25, 0.3) is 0 Å². The molecule has 2 spiro atoms. The molecule has 1 heterocycles. The zero-order valence-electron chi connectivity index (χ0n) is 15.2. The predicted molar refractivity (Wildman–Crippen MR) is 85.9 cm³/mol. The number of carbonyl (C=O) groups is 2. The fourth-order valence-corrected chi connectivity index (χ4v) is 5.46. The molecule has 1 amide bonds. The molecule has 3 rings (SSSR count). The first-order valence-corrected chi connectivity index (χ1v) is 8.59. The van der Waals surface area contributed by atoms with Crippen LogP contribution in [0.3, 0.4) is 0 Å². The second-order valence-corrected chi connectivity index (χ2v) is 8.99.